The minimum absolute atomic E-state index is 0.169. The van der Waals surface area contributed by atoms with Crippen LogP contribution in [0.3, 0.4) is 0 Å². The van der Waals surface area contributed by atoms with E-state index in [0.29, 0.717) is 5.69 Å². The van der Waals surface area contributed by atoms with Gasteiger partial charge < -0.3 is 9.88 Å². The molecule has 0 aliphatic heterocycles. The number of carbonyl (C=O) groups is 1. The van der Waals surface area contributed by atoms with E-state index in [1.54, 1.807) is 29.7 Å². The number of thiophene rings is 1. The van der Waals surface area contributed by atoms with Crippen molar-refractivity contribution in [2.45, 2.75) is 24.5 Å². The Balaban J connectivity index is 1.46. The number of hydrogen-bond donors (Lipinski definition) is 1. The summed E-state index contributed by atoms with van der Waals surface area (Å²) in [6.45, 7) is 0.746. The third kappa shape index (κ3) is 5.94. The Morgan fingerprint density at radius 2 is 1.97 bits per heavy atom. The molecule has 31 heavy (non-hydrogen) atoms. The molecule has 0 radical (unpaired) electrons. The van der Waals surface area contributed by atoms with Crippen molar-refractivity contribution in [2.24, 2.45) is 0 Å². The molecular formula is C22H20ClN5OS2. The summed E-state index contributed by atoms with van der Waals surface area (Å²) in [6.07, 6.45) is 3.16. The molecule has 3 aromatic heterocycles. The molecule has 0 aliphatic carbocycles. The van der Waals surface area contributed by atoms with Gasteiger partial charge in [0.1, 0.15) is 5.82 Å². The largest absolute Gasteiger partial charge is 0.323 e. The van der Waals surface area contributed by atoms with Gasteiger partial charge in [0.25, 0.3) is 0 Å². The first-order chi connectivity index (χ1) is 15.2. The highest BCUT2D eigenvalue weighted by Crippen LogP contribution is 2.22. The molecule has 0 saturated heterocycles. The molecule has 0 atom stereocenters. The third-order valence-electron chi connectivity index (χ3n) is 4.54. The zero-order valence-corrected chi connectivity index (χ0v) is 19.0. The fraction of sp³-hybridized carbons (Fsp3) is 0.182. The summed E-state index contributed by atoms with van der Waals surface area (Å²) in [5.41, 5.74) is 1.75. The van der Waals surface area contributed by atoms with Gasteiger partial charge in [-0.2, -0.15) is 0 Å². The highest BCUT2D eigenvalue weighted by atomic mass is 35.5. The number of aromatic nitrogens is 4. The molecule has 9 heteroatoms. The van der Waals surface area contributed by atoms with Gasteiger partial charge in [0.05, 0.1) is 11.4 Å². The van der Waals surface area contributed by atoms with E-state index in [4.69, 9.17) is 11.6 Å². The topological polar surface area (TPSA) is 72.7 Å². The lowest BCUT2D eigenvalue weighted by molar-refractivity contribution is -0.113. The summed E-state index contributed by atoms with van der Waals surface area (Å²) in [7, 11) is 0. The van der Waals surface area contributed by atoms with Gasteiger partial charge in [-0.25, -0.2) is 4.98 Å². The van der Waals surface area contributed by atoms with Crippen LogP contribution in [0.1, 0.15) is 16.3 Å². The smallest absolute Gasteiger partial charge is 0.234 e. The van der Waals surface area contributed by atoms with Crippen LogP contribution in [0.2, 0.25) is 5.15 Å². The van der Waals surface area contributed by atoms with E-state index in [-0.39, 0.29) is 16.8 Å². The Morgan fingerprint density at radius 3 is 2.74 bits per heavy atom. The number of pyridine rings is 1. The zero-order valence-electron chi connectivity index (χ0n) is 16.6. The molecule has 0 fully saturated rings. The van der Waals surface area contributed by atoms with Crippen molar-refractivity contribution < 1.29 is 4.79 Å². The monoisotopic (exact) mass is 469 g/mol. The third-order valence-corrected chi connectivity index (χ3v) is 6.68. The van der Waals surface area contributed by atoms with Gasteiger partial charge in [0, 0.05) is 24.0 Å². The van der Waals surface area contributed by atoms with E-state index in [0.717, 1.165) is 30.4 Å². The van der Waals surface area contributed by atoms with Crippen LogP contribution in [-0.2, 0) is 24.2 Å². The molecular weight excluding hydrogens is 450 g/mol. The number of aryl methyl sites for hydroxylation is 1. The Bertz CT molecular complexity index is 1130. The fourth-order valence-corrected chi connectivity index (χ4v) is 4.68. The van der Waals surface area contributed by atoms with Gasteiger partial charge in [-0.3, -0.25) is 4.79 Å². The van der Waals surface area contributed by atoms with Crippen LogP contribution < -0.4 is 5.32 Å². The molecule has 1 N–H and O–H groups in total. The van der Waals surface area contributed by atoms with Crippen molar-refractivity contribution in [3.05, 3.63) is 87.6 Å². The molecule has 158 valence electrons. The van der Waals surface area contributed by atoms with Crippen molar-refractivity contribution in [3.8, 4) is 0 Å². The van der Waals surface area contributed by atoms with E-state index in [9.17, 15) is 4.79 Å². The Kier molecular flexibility index (Phi) is 7.35. The summed E-state index contributed by atoms with van der Waals surface area (Å²) in [5.74, 6) is 0.933. The number of amides is 1. The van der Waals surface area contributed by atoms with Gasteiger partial charge >= 0.3 is 0 Å². The highest BCUT2D eigenvalue weighted by Gasteiger charge is 2.16. The molecule has 6 nitrogen and oxygen atoms in total. The van der Waals surface area contributed by atoms with Gasteiger partial charge in [-0.1, -0.05) is 59.8 Å². The van der Waals surface area contributed by atoms with Crippen LogP contribution >= 0.6 is 34.7 Å². The van der Waals surface area contributed by atoms with Crippen LogP contribution in [-0.4, -0.2) is 31.4 Å². The number of halogens is 1. The number of benzene rings is 1. The van der Waals surface area contributed by atoms with Crippen LogP contribution in [0.25, 0.3) is 0 Å². The van der Waals surface area contributed by atoms with E-state index >= 15 is 0 Å². The minimum atomic E-state index is -0.169. The fourth-order valence-electron chi connectivity index (χ4n) is 3.03. The number of carbonyl (C=O) groups excluding carboxylic acids is 1. The van der Waals surface area contributed by atoms with E-state index in [1.165, 1.54) is 22.2 Å². The normalized spacial score (nSPS) is 10.9. The number of anilines is 1. The second-order valence-corrected chi connectivity index (χ2v) is 9.05. The second-order valence-electron chi connectivity index (χ2n) is 6.72. The van der Waals surface area contributed by atoms with Crippen LogP contribution in [0.15, 0.2) is 71.3 Å². The Morgan fingerprint density at radius 1 is 1.10 bits per heavy atom. The maximum Gasteiger partial charge on any atom is 0.234 e. The van der Waals surface area contributed by atoms with Gasteiger partial charge in [0.15, 0.2) is 10.3 Å². The van der Waals surface area contributed by atoms with Crippen molar-refractivity contribution >= 4 is 46.3 Å². The molecule has 0 unspecified atom stereocenters. The zero-order chi connectivity index (χ0) is 21.5. The minimum Gasteiger partial charge on any atom is -0.323 e. The average Bonchev–Trinajstić information content (AvgIpc) is 3.43. The van der Waals surface area contributed by atoms with E-state index in [1.807, 2.05) is 24.3 Å². The molecule has 3 heterocycles. The van der Waals surface area contributed by atoms with Gasteiger partial charge in [-0.05, 0) is 35.6 Å². The average molecular weight is 470 g/mol. The molecule has 4 aromatic rings. The highest BCUT2D eigenvalue weighted by molar-refractivity contribution is 7.99. The number of hydrogen-bond acceptors (Lipinski definition) is 6. The summed E-state index contributed by atoms with van der Waals surface area (Å²) < 4.78 is 2.11. The van der Waals surface area contributed by atoms with E-state index < -0.39 is 0 Å². The van der Waals surface area contributed by atoms with Crippen molar-refractivity contribution in [1.82, 2.24) is 19.7 Å². The molecule has 0 spiro atoms. The quantitative estimate of drug-likeness (QED) is 0.277. The predicted molar refractivity (Wildman–Crippen MR) is 126 cm³/mol. The van der Waals surface area contributed by atoms with Gasteiger partial charge in [0.2, 0.25) is 5.91 Å². The summed E-state index contributed by atoms with van der Waals surface area (Å²) in [5, 5.41) is 14.6. The molecule has 1 amide bonds. The Labute approximate surface area is 193 Å². The van der Waals surface area contributed by atoms with Crippen molar-refractivity contribution in [1.29, 1.82) is 0 Å². The molecule has 0 bridgehead atoms. The number of nitrogens with zero attached hydrogens (tertiary/aromatic N) is 4. The lowest BCUT2D eigenvalue weighted by Gasteiger charge is -2.10. The van der Waals surface area contributed by atoms with Gasteiger partial charge in [-0.15, -0.1) is 21.5 Å². The Hall–Kier alpha value is -2.68. The molecule has 4 rings (SSSR count). The maximum absolute atomic E-state index is 12.4. The summed E-state index contributed by atoms with van der Waals surface area (Å²) in [4.78, 5) is 17.6. The first kappa shape index (κ1) is 21.5. The molecule has 1 aromatic carbocycles. The molecule has 0 saturated carbocycles. The number of nitrogens with one attached hydrogen (secondary N) is 1. The lowest BCUT2D eigenvalue weighted by Crippen LogP contribution is -2.15. The SMILES string of the molecule is O=C(CSc1nnc(Cc2cccs2)n1CCc1ccccc1)Nc1cccnc1Cl. The van der Waals surface area contributed by atoms with Crippen LogP contribution in [0.5, 0.6) is 0 Å². The standard InChI is InChI=1S/C22H20ClN5OS2/c23-21-18(9-4-11-24-21)25-20(29)15-31-22-27-26-19(14-17-8-5-13-30-17)28(22)12-10-16-6-2-1-3-7-16/h1-9,11,13H,10,12,14-15H2,(H,25,29). The summed E-state index contributed by atoms with van der Waals surface area (Å²) >= 11 is 9.09. The maximum atomic E-state index is 12.4. The van der Waals surface area contributed by atoms with Crippen molar-refractivity contribution in [3.63, 3.8) is 0 Å². The van der Waals surface area contributed by atoms with Crippen LogP contribution in [0, 0.1) is 0 Å². The number of rotatable bonds is 9. The number of thioether (sulfide) groups is 1. The first-order valence-corrected chi connectivity index (χ1v) is 11.9. The first-order valence-electron chi connectivity index (χ1n) is 9.70. The second kappa shape index (κ2) is 10.6. The summed E-state index contributed by atoms with van der Waals surface area (Å²) in [6, 6.07) is 17.9. The van der Waals surface area contributed by atoms with Crippen LogP contribution in [0.4, 0.5) is 5.69 Å². The van der Waals surface area contributed by atoms with Crippen molar-refractivity contribution in [2.75, 3.05) is 11.1 Å². The molecule has 0 aliphatic rings. The van der Waals surface area contributed by atoms with E-state index in [2.05, 4.69) is 48.6 Å². The predicted octanol–water partition coefficient (Wildman–Crippen LogP) is 4.95. The lowest BCUT2D eigenvalue weighted by atomic mass is 10.1.